The number of nitrogens with zero attached hydrogens (tertiary/aromatic N) is 4. The van der Waals surface area contributed by atoms with E-state index in [1.807, 2.05) is 6.21 Å². The zero-order valence-electron chi connectivity index (χ0n) is 9.67. The van der Waals surface area contributed by atoms with Gasteiger partial charge in [-0.05, 0) is 35.7 Å². The molecule has 3 aliphatic carbocycles. The number of aromatic nitrogens is 3. The Hall–Kier alpha value is -1.45. The van der Waals surface area contributed by atoms with E-state index >= 15 is 0 Å². The molecule has 0 unspecified atom stereocenters. The van der Waals surface area contributed by atoms with Crippen molar-refractivity contribution < 1.29 is 0 Å². The van der Waals surface area contributed by atoms with Crippen LogP contribution in [0.4, 0.5) is 0 Å². The summed E-state index contributed by atoms with van der Waals surface area (Å²) >= 11 is 0. The van der Waals surface area contributed by atoms with Gasteiger partial charge in [-0.15, -0.1) is 10.2 Å². The maximum absolute atomic E-state index is 4.33. The van der Waals surface area contributed by atoms with Crippen molar-refractivity contribution >= 4 is 6.21 Å². The van der Waals surface area contributed by atoms with Gasteiger partial charge in [-0.2, -0.15) is 5.10 Å². The highest BCUT2D eigenvalue weighted by Gasteiger charge is 2.50. The molecule has 0 aromatic carbocycles. The fourth-order valence-electron chi connectivity index (χ4n) is 2.93. The molecule has 2 bridgehead atoms. The standard InChI is InChI=1S/C12H16N4/c1-12(2)10-4-3-9(11(12)5-10)6-15-16-7-13-14-8-16/h3,6-8,10-11H,4-5H2,1-2H3/t10-,11-/m0/s1. The number of hydrogen-bond acceptors (Lipinski definition) is 3. The summed E-state index contributed by atoms with van der Waals surface area (Å²) < 4.78 is 1.64. The van der Waals surface area contributed by atoms with Crippen LogP contribution in [0.1, 0.15) is 26.7 Å². The average molecular weight is 216 g/mol. The minimum atomic E-state index is 0.462. The first kappa shape index (κ1) is 9.75. The summed E-state index contributed by atoms with van der Waals surface area (Å²) in [5.74, 6) is 1.57. The molecule has 0 saturated heterocycles. The third-order valence-electron chi connectivity index (χ3n) is 4.26. The Labute approximate surface area is 95.1 Å². The fraction of sp³-hybridized carbons (Fsp3) is 0.583. The van der Waals surface area contributed by atoms with Crippen LogP contribution in [0.5, 0.6) is 0 Å². The largest absolute Gasteiger partial charge is 0.208 e. The SMILES string of the molecule is CC1(C)[C@H]2CC=C(C=Nn3cnnc3)[C@@H]1C2. The zero-order chi connectivity index (χ0) is 11.2. The molecule has 0 aliphatic heterocycles. The smallest absolute Gasteiger partial charge is 0.141 e. The molecule has 1 fully saturated rings. The minimum absolute atomic E-state index is 0.462. The molecule has 0 radical (unpaired) electrons. The van der Waals surface area contributed by atoms with Crippen LogP contribution in [-0.2, 0) is 0 Å². The normalized spacial score (nSPS) is 31.2. The Morgan fingerprint density at radius 2 is 2.19 bits per heavy atom. The van der Waals surface area contributed by atoms with Crippen molar-refractivity contribution in [2.75, 3.05) is 0 Å². The Balaban J connectivity index is 1.79. The molecule has 84 valence electrons. The van der Waals surface area contributed by atoms with E-state index < -0.39 is 0 Å². The van der Waals surface area contributed by atoms with Gasteiger partial charge in [-0.1, -0.05) is 19.9 Å². The summed E-state index contributed by atoms with van der Waals surface area (Å²) in [4.78, 5) is 0. The summed E-state index contributed by atoms with van der Waals surface area (Å²) in [6, 6.07) is 0. The van der Waals surface area contributed by atoms with Crippen LogP contribution in [0, 0.1) is 17.3 Å². The molecule has 1 heterocycles. The zero-order valence-corrected chi connectivity index (χ0v) is 9.67. The Bertz CT molecular complexity index is 442. The van der Waals surface area contributed by atoms with Crippen molar-refractivity contribution in [1.82, 2.24) is 14.9 Å². The van der Waals surface area contributed by atoms with Gasteiger partial charge in [0.15, 0.2) is 0 Å². The third-order valence-corrected chi connectivity index (χ3v) is 4.26. The molecule has 4 nitrogen and oxygen atoms in total. The lowest BCUT2D eigenvalue weighted by atomic mass is 9.49. The molecule has 1 aromatic rings. The molecule has 0 amide bonds. The first-order valence-corrected chi connectivity index (χ1v) is 5.77. The quantitative estimate of drug-likeness (QED) is 0.710. The van der Waals surface area contributed by atoms with Crippen LogP contribution < -0.4 is 0 Å². The molecule has 0 N–H and O–H groups in total. The summed E-state index contributed by atoms with van der Waals surface area (Å²) in [6.45, 7) is 4.73. The Morgan fingerprint density at radius 1 is 1.44 bits per heavy atom. The predicted octanol–water partition coefficient (Wildman–Crippen LogP) is 2.10. The van der Waals surface area contributed by atoms with Gasteiger partial charge in [0.05, 0.1) is 6.21 Å². The molecular formula is C12H16N4. The monoisotopic (exact) mass is 216 g/mol. The minimum Gasteiger partial charge on any atom is -0.208 e. The van der Waals surface area contributed by atoms with Crippen molar-refractivity contribution in [1.29, 1.82) is 0 Å². The average Bonchev–Trinajstić information content (AvgIpc) is 2.79. The Kier molecular flexibility index (Phi) is 1.99. The van der Waals surface area contributed by atoms with Crippen LogP contribution in [0.3, 0.4) is 0 Å². The van der Waals surface area contributed by atoms with Crippen LogP contribution in [-0.4, -0.2) is 21.1 Å². The van der Waals surface area contributed by atoms with E-state index in [-0.39, 0.29) is 0 Å². The highest BCUT2D eigenvalue weighted by Crippen LogP contribution is 2.58. The first-order valence-electron chi connectivity index (χ1n) is 5.77. The van der Waals surface area contributed by atoms with E-state index in [1.165, 1.54) is 18.4 Å². The van der Waals surface area contributed by atoms with Gasteiger partial charge in [-0.3, -0.25) is 0 Å². The maximum atomic E-state index is 4.33. The molecular weight excluding hydrogens is 200 g/mol. The predicted molar refractivity (Wildman–Crippen MR) is 62.0 cm³/mol. The second kappa shape index (κ2) is 3.27. The molecule has 1 saturated carbocycles. The Morgan fingerprint density at radius 3 is 2.81 bits per heavy atom. The van der Waals surface area contributed by atoms with Crippen LogP contribution in [0.15, 0.2) is 29.4 Å². The number of fused-ring (bicyclic) bond motifs is 1. The lowest BCUT2D eigenvalue weighted by molar-refractivity contribution is -0.00126. The van der Waals surface area contributed by atoms with E-state index in [4.69, 9.17) is 0 Å². The van der Waals surface area contributed by atoms with E-state index in [9.17, 15) is 0 Å². The van der Waals surface area contributed by atoms with E-state index in [0.29, 0.717) is 11.3 Å². The summed E-state index contributed by atoms with van der Waals surface area (Å²) in [5.41, 5.74) is 1.84. The molecule has 2 atom stereocenters. The number of allylic oxidation sites excluding steroid dienone is 2. The highest BCUT2D eigenvalue weighted by atomic mass is 15.4. The van der Waals surface area contributed by atoms with Crippen molar-refractivity contribution in [2.24, 2.45) is 22.4 Å². The van der Waals surface area contributed by atoms with Gasteiger partial charge in [0.2, 0.25) is 0 Å². The number of rotatable bonds is 2. The molecule has 16 heavy (non-hydrogen) atoms. The van der Waals surface area contributed by atoms with Gasteiger partial charge < -0.3 is 0 Å². The van der Waals surface area contributed by atoms with Crippen LogP contribution in [0.2, 0.25) is 0 Å². The van der Waals surface area contributed by atoms with Gasteiger partial charge >= 0.3 is 0 Å². The van der Waals surface area contributed by atoms with Gasteiger partial charge in [-0.25, -0.2) is 4.68 Å². The second-order valence-corrected chi connectivity index (χ2v) is 5.33. The van der Waals surface area contributed by atoms with E-state index in [1.54, 1.807) is 17.3 Å². The molecule has 4 rings (SSSR count). The topological polar surface area (TPSA) is 43.1 Å². The first-order chi connectivity index (χ1) is 7.68. The van der Waals surface area contributed by atoms with E-state index in [0.717, 1.165) is 5.92 Å². The van der Waals surface area contributed by atoms with Crippen molar-refractivity contribution in [3.8, 4) is 0 Å². The van der Waals surface area contributed by atoms with Crippen molar-refractivity contribution in [3.63, 3.8) is 0 Å². The van der Waals surface area contributed by atoms with Crippen LogP contribution >= 0.6 is 0 Å². The molecule has 4 heteroatoms. The summed E-state index contributed by atoms with van der Waals surface area (Å²) in [5, 5.41) is 11.8. The lowest BCUT2D eigenvalue weighted by Crippen LogP contribution is -2.48. The second-order valence-electron chi connectivity index (χ2n) is 5.33. The third kappa shape index (κ3) is 1.32. The summed E-state index contributed by atoms with van der Waals surface area (Å²) in [6.07, 6.45) is 10.0. The van der Waals surface area contributed by atoms with Gasteiger partial charge in [0.1, 0.15) is 12.7 Å². The van der Waals surface area contributed by atoms with Gasteiger partial charge in [0, 0.05) is 0 Å². The molecule has 1 aromatic heterocycles. The van der Waals surface area contributed by atoms with Crippen LogP contribution in [0.25, 0.3) is 0 Å². The van der Waals surface area contributed by atoms with Crippen molar-refractivity contribution in [3.05, 3.63) is 24.3 Å². The lowest BCUT2D eigenvalue weighted by Gasteiger charge is -2.55. The fourth-order valence-corrected chi connectivity index (χ4v) is 2.93. The molecule has 0 spiro atoms. The summed E-state index contributed by atoms with van der Waals surface area (Å²) in [7, 11) is 0. The highest BCUT2D eigenvalue weighted by molar-refractivity contribution is 5.80. The van der Waals surface area contributed by atoms with Gasteiger partial charge in [0.25, 0.3) is 0 Å². The van der Waals surface area contributed by atoms with Crippen molar-refractivity contribution in [2.45, 2.75) is 26.7 Å². The van der Waals surface area contributed by atoms with E-state index in [2.05, 4.69) is 35.2 Å². The maximum Gasteiger partial charge on any atom is 0.141 e. The molecule has 3 aliphatic rings. The number of hydrogen-bond donors (Lipinski definition) is 0.